The van der Waals surface area contributed by atoms with E-state index in [0.717, 1.165) is 5.56 Å². The van der Waals surface area contributed by atoms with Crippen molar-refractivity contribution in [2.45, 2.75) is 12.5 Å². The van der Waals surface area contributed by atoms with E-state index in [1.54, 1.807) is 12.1 Å². The summed E-state index contributed by atoms with van der Waals surface area (Å²) in [7, 11) is 0. The second kappa shape index (κ2) is 6.87. The van der Waals surface area contributed by atoms with Gasteiger partial charge in [-0.1, -0.05) is 28.1 Å². The Balaban J connectivity index is 2.24. The van der Waals surface area contributed by atoms with E-state index in [2.05, 4.69) is 15.9 Å². The molecule has 0 saturated heterocycles. The van der Waals surface area contributed by atoms with Crippen LogP contribution in [0, 0.1) is 15.9 Å². The number of nitro benzene ring substituents is 1. The number of nitro groups is 1. The van der Waals surface area contributed by atoms with Gasteiger partial charge >= 0.3 is 5.69 Å². The topological polar surface area (TPSA) is 52.4 Å². The van der Waals surface area contributed by atoms with E-state index in [9.17, 15) is 14.5 Å². The van der Waals surface area contributed by atoms with Crippen LogP contribution < -0.4 is 4.74 Å². The third kappa shape index (κ3) is 3.92. The Morgan fingerprint density at radius 3 is 2.67 bits per heavy atom. The number of hydrogen-bond donors (Lipinski definition) is 0. The van der Waals surface area contributed by atoms with Gasteiger partial charge in [0, 0.05) is 22.0 Å². The van der Waals surface area contributed by atoms with Crippen LogP contribution in [0.1, 0.15) is 11.1 Å². The highest BCUT2D eigenvalue weighted by Gasteiger charge is 2.16. The lowest BCUT2D eigenvalue weighted by Crippen LogP contribution is -2.00. The summed E-state index contributed by atoms with van der Waals surface area (Å²) in [6.07, 6.45) is 0. The molecular weight excluding hydrogens is 365 g/mol. The lowest BCUT2D eigenvalue weighted by Gasteiger charge is -2.09. The molecule has 7 heteroatoms. The van der Waals surface area contributed by atoms with Crippen molar-refractivity contribution in [2.24, 2.45) is 0 Å². The number of benzene rings is 2. The molecule has 0 saturated carbocycles. The molecule has 0 bridgehead atoms. The standard InChI is InChI=1S/C14H10BrClFNO3/c15-12-6-11(17)3-2-10(12)8-21-14-5-9(7-16)1-4-13(14)18(19)20/h1-6H,7-8H2. The number of rotatable bonds is 5. The molecule has 2 aromatic carbocycles. The summed E-state index contributed by atoms with van der Waals surface area (Å²) >= 11 is 8.94. The largest absolute Gasteiger partial charge is 0.482 e. The van der Waals surface area contributed by atoms with E-state index in [4.69, 9.17) is 16.3 Å². The first-order valence-electron chi connectivity index (χ1n) is 5.91. The van der Waals surface area contributed by atoms with Crippen molar-refractivity contribution in [3.05, 3.63) is 67.9 Å². The minimum atomic E-state index is -0.521. The van der Waals surface area contributed by atoms with Gasteiger partial charge in [0.15, 0.2) is 5.75 Å². The molecule has 0 radical (unpaired) electrons. The number of ether oxygens (including phenoxy) is 1. The molecule has 0 spiro atoms. The van der Waals surface area contributed by atoms with Crippen LogP contribution in [0.3, 0.4) is 0 Å². The molecule has 0 N–H and O–H groups in total. The number of nitrogens with zero attached hydrogens (tertiary/aromatic N) is 1. The molecule has 21 heavy (non-hydrogen) atoms. The minimum absolute atomic E-state index is 0.0768. The number of alkyl halides is 1. The molecule has 0 aliphatic carbocycles. The maximum Gasteiger partial charge on any atom is 0.310 e. The van der Waals surface area contributed by atoms with Gasteiger partial charge in [-0.3, -0.25) is 10.1 Å². The third-order valence-electron chi connectivity index (χ3n) is 2.77. The van der Waals surface area contributed by atoms with Crippen LogP contribution in [-0.4, -0.2) is 4.92 Å². The highest BCUT2D eigenvalue weighted by molar-refractivity contribution is 9.10. The minimum Gasteiger partial charge on any atom is -0.482 e. The van der Waals surface area contributed by atoms with Crippen molar-refractivity contribution >= 4 is 33.2 Å². The van der Waals surface area contributed by atoms with Crippen molar-refractivity contribution < 1.29 is 14.1 Å². The maximum absolute atomic E-state index is 13.0. The summed E-state index contributed by atoms with van der Waals surface area (Å²) in [5.74, 6) is -0.00988. The Morgan fingerprint density at radius 1 is 1.29 bits per heavy atom. The lowest BCUT2D eigenvalue weighted by atomic mass is 10.2. The molecule has 0 aliphatic heterocycles. The molecular formula is C14H10BrClFNO3. The van der Waals surface area contributed by atoms with Gasteiger partial charge in [0.1, 0.15) is 12.4 Å². The molecule has 0 aromatic heterocycles. The quantitative estimate of drug-likeness (QED) is 0.428. The Bertz CT molecular complexity index is 681. The van der Waals surface area contributed by atoms with E-state index in [1.165, 1.54) is 24.3 Å². The molecule has 110 valence electrons. The zero-order valence-electron chi connectivity index (χ0n) is 10.7. The number of halogens is 3. The van der Waals surface area contributed by atoms with Crippen LogP contribution in [0.5, 0.6) is 5.75 Å². The highest BCUT2D eigenvalue weighted by Crippen LogP contribution is 2.30. The second-order valence-electron chi connectivity index (χ2n) is 4.22. The van der Waals surface area contributed by atoms with E-state index < -0.39 is 4.92 Å². The summed E-state index contributed by atoms with van der Waals surface area (Å²) in [5, 5.41) is 11.0. The van der Waals surface area contributed by atoms with E-state index in [1.807, 2.05) is 0 Å². The van der Waals surface area contributed by atoms with E-state index in [0.29, 0.717) is 10.0 Å². The molecule has 0 unspecified atom stereocenters. The zero-order valence-corrected chi connectivity index (χ0v) is 13.0. The van der Waals surface area contributed by atoms with Crippen molar-refractivity contribution in [3.63, 3.8) is 0 Å². The Kier molecular flexibility index (Phi) is 5.14. The third-order valence-corrected chi connectivity index (χ3v) is 3.82. The monoisotopic (exact) mass is 373 g/mol. The fourth-order valence-corrected chi connectivity index (χ4v) is 2.33. The Labute approximate surface area is 133 Å². The average molecular weight is 375 g/mol. The molecule has 0 amide bonds. The summed E-state index contributed by atoms with van der Waals surface area (Å²) in [6.45, 7) is 0.0768. The van der Waals surface area contributed by atoms with Gasteiger partial charge in [0.2, 0.25) is 0 Å². The van der Waals surface area contributed by atoms with Crippen LogP contribution >= 0.6 is 27.5 Å². The predicted octanol–water partition coefficient (Wildman–Crippen LogP) is 4.81. The summed E-state index contributed by atoms with van der Waals surface area (Å²) in [6, 6.07) is 8.62. The molecule has 0 aliphatic rings. The zero-order chi connectivity index (χ0) is 15.4. The van der Waals surface area contributed by atoms with Crippen LogP contribution in [0.25, 0.3) is 0 Å². The first-order chi connectivity index (χ1) is 10.0. The molecule has 0 atom stereocenters. The van der Waals surface area contributed by atoms with Gasteiger partial charge in [-0.2, -0.15) is 0 Å². The summed E-state index contributed by atoms with van der Waals surface area (Å²) < 4.78 is 19.0. The first-order valence-corrected chi connectivity index (χ1v) is 7.24. The smallest absolute Gasteiger partial charge is 0.310 e. The summed E-state index contributed by atoms with van der Waals surface area (Å²) in [4.78, 5) is 10.5. The maximum atomic E-state index is 13.0. The SMILES string of the molecule is O=[N+]([O-])c1ccc(CCl)cc1OCc1ccc(F)cc1Br. The van der Waals surface area contributed by atoms with Crippen LogP contribution in [0.4, 0.5) is 10.1 Å². The molecule has 2 aromatic rings. The normalized spacial score (nSPS) is 10.4. The van der Waals surface area contributed by atoms with Gasteiger partial charge in [0.25, 0.3) is 0 Å². The fraction of sp³-hybridized carbons (Fsp3) is 0.143. The first kappa shape index (κ1) is 15.7. The average Bonchev–Trinajstić information content (AvgIpc) is 2.45. The Morgan fingerprint density at radius 2 is 2.05 bits per heavy atom. The predicted molar refractivity (Wildman–Crippen MR) is 81.1 cm³/mol. The fourth-order valence-electron chi connectivity index (χ4n) is 1.70. The van der Waals surface area contributed by atoms with Crippen molar-refractivity contribution in [2.75, 3.05) is 0 Å². The number of hydrogen-bond acceptors (Lipinski definition) is 3. The van der Waals surface area contributed by atoms with E-state index in [-0.39, 0.29) is 29.7 Å². The van der Waals surface area contributed by atoms with Crippen molar-refractivity contribution in [3.8, 4) is 5.75 Å². The van der Waals surface area contributed by atoms with Crippen LogP contribution in [-0.2, 0) is 12.5 Å². The molecule has 0 heterocycles. The molecule has 0 fully saturated rings. The van der Waals surface area contributed by atoms with E-state index >= 15 is 0 Å². The van der Waals surface area contributed by atoms with Crippen LogP contribution in [0.2, 0.25) is 0 Å². The van der Waals surface area contributed by atoms with Gasteiger partial charge in [-0.15, -0.1) is 11.6 Å². The molecule has 4 nitrogen and oxygen atoms in total. The van der Waals surface area contributed by atoms with Gasteiger partial charge in [-0.05, 0) is 23.8 Å². The van der Waals surface area contributed by atoms with Gasteiger partial charge in [-0.25, -0.2) is 4.39 Å². The second-order valence-corrected chi connectivity index (χ2v) is 5.34. The Hall–Kier alpha value is -1.66. The van der Waals surface area contributed by atoms with Crippen LogP contribution in [0.15, 0.2) is 40.9 Å². The molecule has 2 rings (SSSR count). The van der Waals surface area contributed by atoms with Gasteiger partial charge in [0.05, 0.1) is 4.92 Å². The van der Waals surface area contributed by atoms with Crippen molar-refractivity contribution in [1.29, 1.82) is 0 Å². The summed E-state index contributed by atoms with van der Waals surface area (Å²) in [5.41, 5.74) is 1.26. The van der Waals surface area contributed by atoms with Crippen molar-refractivity contribution in [1.82, 2.24) is 0 Å². The highest BCUT2D eigenvalue weighted by atomic mass is 79.9. The lowest BCUT2D eigenvalue weighted by molar-refractivity contribution is -0.386. The van der Waals surface area contributed by atoms with Gasteiger partial charge < -0.3 is 4.74 Å².